The summed E-state index contributed by atoms with van der Waals surface area (Å²) in [5.41, 5.74) is 2.04. The Morgan fingerprint density at radius 3 is 2.32 bits per heavy atom. The monoisotopic (exact) mass is 469 g/mol. The molecule has 0 unspecified atom stereocenters. The smallest absolute Gasteiger partial charge is 0.326 e. The van der Waals surface area contributed by atoms with Gasteiger partial charge in [-0.05, 0) is 68.5 Å². The highest BCUT2D eigenvalue weighted by molar-refractivity contribution is 6.04. The van der Waals surface area contributed by atoms with Crippen molar-refractivity contribution in [1.82, 2.24) is 4.90 Å². The SMILES string of the molecule is COc1cc(NC(=O)N2CC3(CCN(CC4CC4)CC3)c3cc(F)ccc32)cc(OC)c1OC. The van der Waals surface area contributed by atoms with Crippen LogP contribution in [0.15, 0.2) is 30.3 Å². The zero-order valence-electron chi connectivity index (χ0n) is 20.0. The third kappa shape index (κ3) is 4.15. The van der Waals surface area contributed by atoms with Crippen LogP contribution in [0.4, 0.5) is 20.6 Å². The number of ether oxygens (including phenoxy) is 3. The van der Waals surface area contributed by atoms with Gasteiger partial charge < -0.3 is 24.4 Å². The molecule has 0 atom stereocenters. The summed E-state index contributed by atoms with van der Waals surface area (Å²) in [6.07, 6.45) is 4.52. The van der Waals surface area contributed by atoms with E-state index in [1.165, 1.54) is 40.2 Å². The quantitative estimate of drug-likeness (QED) is 0.668. The number of carbonyl (C=O) groups is 1. The number of rotatable bonds is 6. The van der Waals surface area contributed by atoms with Crippen molar-refractivity contribution in [3.63, 3.8) is 0 Å². The van der Waals surface area contributed by atoms with Crippen LogP contribution in [0.25, 0.3) is 0 Å². The van der Waals surface area contributed by atoms with Crippen molar-refractivity contribution in [2.75, 3.05) is 57.7 Å². The first-order chi connectivity index (χ1) is 16.5. The van der Waals surface area contributed by atoms with Crippen LogP contribution >= 0.6 is 0 Å². The van der Waals surface area contributed by atoms with Gasteiger partial charge in [0.2, 0.25) is 5.75 Å². The fraction of sp³-hybridized carbons (Fsp3) is 0.500. The highest BCUT2D eigenvalue weighted by Gasteiger charge is 2.47. The first-order valence-corrected chi connectivity index (χ1v) is 11.9. The van der Waals surface area contributed by atoms with Crippen LogP contribution in [0.2, 0.25) is 0 Å². The maximum Gasteiger partial charge on any atom is 0.326 e. The van der Waals surface area contributed by atoms with Crippen LogP contribution in [0.1, 0.15) is 31.2 Å². The van der Waals surface area contributed by atoms with Gasteiger partial charge in [0.25, 0.3) is 0 Å². The lowest BCUT2D eigenvalue weighted by Crippen LogP contribution is -2.47. The second-order valence-corrected chi connectivity index (χ2v) is 9.62. The second-order valence-electron chi connectivity index (χ2n) is 9.62. The second kappa shape index (κ2) is 8.98. The number of halogens is 1. The molecule has 3 aliphatic rings. The summed E-state index contributed by atoms with van der Waals surface area (Å²) in [6, 6.07) is 7.92. The van der Waals surface area contributed by atoms with E-state index >= 15 is 0 Å². The van der Waals surface area contributed by atoms with E-state index in [1.54, 1.807) is 29.2 Å². The summed E-state index contributed by atoms with van der Waals surface area (Å²) in [6.45, 7) is 3.67. The van der Waals surface area contributed by atoms with Crippen molar-refractivity contribution >= 4 is 17.4 Å². The molecular weight excluding hydrogens is 437 g/mol. The topological polar surface area (TPSA) is 63.3 Å². The van der Waals surface area contributed by atoms with E-state index < -0.39 is 0 Å². The number of nitrogens with one attached hydrogen (secondary N) is 1. The van der Waals surface area contributed by atoms with Crippen molar-refractivity contribution in [2.24, 2.45) is 5.92 Å². The Labute approximate surface area is 199 Å². The van der Waals surface area contributed by atoms with Crippen molar-refractivity contribution in [2.45, 2.75) is 31.1 Å². The van der Waals surface area contributed by atoms with Gasteiger partial charge in [-0.25, -0.2) is 9.18 Å². The molecule has 1 saturated heterocycles. The highest BCUT2D eigenvalue weighted by atomic mass is 19.1. The average Bonchev–Trinajstić information content (AvgIpc) is 3.61. The number of piperidine rings is 1. The van der Waals surface area contributed by atoms with Gasteiger partial charge in [-0.2, -0.15) is 0 Å². The zero-order chi connectivity index (χ0) is 23.9. The number of hydrogen-bond acceptors (Lipinski definition) is 5. The first-order valence-electron chi connectivity index (χ1n) is 11.9. The van der Waals surface area contributed by atoms with Crippen molar-refractivity contribution < 1.29 is 23.4 Å². The summed E-state index contributed by atoms with van der Waals surface area (Å²) in [5.74, 6) is 1.97. The Kier molecular flexibility index (Phi) is 6.02. The van der Waals surface area contributed by atoms with E-state index in [0.29, 0.717) is 29.5 Å². The molecule has 0 bridgehead atoms. The zero-order valence-corrected chi connectivity index (χ0v) is 20.0. The lowest BCUT2D eigenvalue weighted by molar-refractivity contribution is 0.161. The summed E-state index contributed by atoms with van der Waals surface area (Å²) < 4.78 is 30.5. The van der Waals surface area contributed by atoms with Gasteiger partial charge in [0.15, 0.2) is 11.5 Å². The third-order valence-corrected chi connectivity index (χ3v) is 7.47. The standard InChI is InChI=1S/C26H32FN3O4/c1-32-22-13-19(14-23(33-2)24(22)34-3)28-25(31)30-16-26(20-12-18(27)6-7-21(20)30)8-10-29(11-9-26)15-17-4-5-17/h6-7,12-14,17H,4-5,8-11,15-16H2,1-3H3,(H,28,31). The number of benzene rings is 2. The Bertz CT molecular complexity index is 1050. The van der Waals surface area contributed by atoms with Crippen molar-refractivity contribution in [3.8, 4) is 17.2 Å². The Balaban J connectivity index is 1.38. The molecule has 2 heterocycles. The predicted molar refractivity (Wildman–Crippen MR) is 129 cm³/mol. The fourth-order valence-corrected chi connectivity index (χ4v) is 5.42. The summed E-state index contributed by atoms with van der Waals surface area (Å²) in [5, 5.41) is 2.97. The van der Waals surface area contributed by atoms with Gasteiger partial charge in [0, 0.05) is 36.3 Å². The molecule has 2 aromatic carbocycles. The number of hydrogen-bond donors (Lipinski definition) is 1. The summed E-state index contributed by atoms with van der Waals surface area (Å²) in [7, 11) is 4.61. The third-order valence-electron chi connectivity index (χ3n) is 7.47. The van der Waals surface area contributed by atoms with E-state index in [2.05, 4.69) is 10.2 Å². The van der Waals surface area contributed by atoms with Gasteiger partial charge in [0.05, 0.1) is 27.0 Å². The lowest BCUT2D eigenvalue weighted by atomic mass is 9.74. The number of methoxy groups -OCH3 is 3. The fourth-order valence-electron chi connectivity index (χ4n) is 5.42. The molecule has 1 spiro atoms. The molecule has 182 valence electrons. The molecule has 34 heavy (non-hydrogen) atoms. The number of fused-ring (bicyclic) bond motifs is 2. The molecule has 1 saturated carbocycles. The van der Waals surface area contributed by atoms with Gasteiger partial charge >= 0.3 is 6.03 Å². The summed E-state index contributed by atoms with van der Waals surface area (Å²) in [4.78, 5) is 17.7. The summed E-state index contributed by atoms with van der Waals surface area (Å²) >= 11 is 0. The largest absolute Gasteiger partial charge is 0.493 e. The normalized spacial score (nSPS) is 19.1. The van der Waals surface area contributed by atoms with Crippen molar-refractivity contribution in [1.29, 1.82) is 0 Å². The molecule has 0 aromatic heterocycles. The number of amides is 2. The Morgan fingerprint density at radius 2 is 1.74 bits per heavy atom. The Hall–Kier alpha value is -3.00. The molecule has 8 heteroatoms. The predicted octanol–water partition coefficient (Wildman–Crippen LogP) is 4.65. The van der Waals surface area contributed by atoms with Gasteiger partial charge in [-0.3, -0.25) is 4.90 Å². The molecule has 2 aromatic rings. The molecular formula is C26H32FN3O4. The van der Waals surface area contributed by atoms with E-state index in [-0.39, 0.29) is 17.3 Å². The first kappa shape index (κ1) is 22.8. The van der Waals surface area contributed by atoms with Crippen molar-refractivity contribution in [3.05, 3.63) is 41.7 Å². The molecule has 2 aliphatic heterocycles. The van der Waals surface area contributed by atoms with Crippen LogP contribution in [0.3, 0.4) is 0 Å². The number of anilines is 2. The lowest BCUT2D eigenvalue weighted by Gasteiger charge is -2.40. The minimum absolute atomic E-state index is 0.218. The highest BCUT2D eigenvalue weighted by Crippen LogP contribution is 2.48. The minimum atomic E-state index is -0.264. The van der Waals surface area contributed by atoms with Crippen LogP contribution in [0.5, 0.6) is 17.2 Å². The molecule has 1 N–H and O–H groups in total. The molecule has 5 rings (SSSR count). The van der Waals surface area contributed by atoms with E-state index in [9.17, 15) is 9.18 Å². The molecule has 2 amide bonds. The number of carbonyl (C=O) groups excluding carboxylic acids is 1. The Morgan fingerprint density at radius 1 is 1.06 bits per heavy atom. The number of likely N-dealkylation sites (tertiary alicyclic amines) is 1. The minimum Gasteiger partial charge on any atom is -0.493 e. The van der Waals surface area contributed by atoms with Gasteiger partial charge in [-0.1, -0.05) is 0 Å². The number of urea groups is 1. The van der Waals surface area contributed by atoms with Crippen LogP contribution < -0.4 is 24.4 Å². The molecule has 0 radical (unpaired) electrons. The van der Waals surface area contributed by atoms with E-state index in [0.717, 1.165) is 49.6 Å². The van der Waals surface area contributed by atoms with E-state index in [4.69, 9.17) is 14.2 Å². The maximum atomic E-state index is 14.3. The molecule has 2 fully saturated rings. The van der Waals surface area contributed by atoms with Crippen LogP contribution in [-0.2, 0) is 5.41 Å². The molecule has 1 aliphatic carbocycles. The van der Waals surface area contributed by atoms with Crippen LogP contribution in [0, 0.1) is 11.7 Å². The van der Waals surface area contributed by atoms with Crippen LogP contribution in [-0.4, -0.2) is 58.4 Å². The number of nitrogens with zero attached hydrogens (tertiary/aromatic N) is 2. The maximum absolute atomic E-state index is 14.3. The average molecular weight is 470 g/mol. The van der Waals surface area contributed by atoms with Gasteiger partial charge in [-0.15, -0.1) is 0 Å². The molecule has 7 nitrogen and oxygen atoms in total. The van der Waals surface area contributed by atoms with E-state index in [1.807, 2.05) is 0 Å². The van der Waals surface area contributed by atoms with Gasteiger partial charge in [0.1, 0.15) is 5.82 Å².